The van der Waals surface area contributed by atoms with Crippen molar-refractivity contribution in [3.8, 4) is 0 Å². The Labute approximate surface area is 110 Å². The zero-order valence-electron chi connectivity index (χ0n) is 10.1. The number of halogens is 1. The molecule has 0 aliphatic carbocycles. The highest BCUT2D eigenvalue weighted by Gasteiger charge is 2.11. The van der Waals surface area contributed by atoms with Crippen LogP contribution in [0.4, 0.5) is 5.69 Å². The molecule has 6 heteroatoms. The van der Waals surface area contributed by atoms with E-state index in [-0.39, 0.29) is 23.9 Å². The number of anilines is 1. The van der Waals surface area contributed by atoms with Crippen LogP contribution in [-0.4, -0.2) is 17.9 Å². The second kappa shape index (κ2) is 6.37. The van der Waals surface area contributed by atoms with Gasteiger partial charge in [0.25, 0.3) is 0 Å². The summed E-state index contributed by atoms with van der Waals surface area (Å²) < 4.78 is 0. The molecule has 1 aromatic carbocycles. The number of primary amides is 1. The Balaban J connectivity index is 2.80. The van der Waals surface area contributed by atoms with Gasteiger partial charge in [0.05, 0.1) is 10.7 Å². The highest BCUT2D eigenvalue weighted by atomic mass is 35.5. The summed E-state index contributed by atoms with van der Waals surface area (Å²) in [5, 5.41) is 2.96. The fourth-order valence-corrected chi connectivity index (χ4v) is 1.52. The van der Waals surface area contributed by atoms with Crippen molar-refractivity contribution in [1.82, 2.24) is 0 Å². The molecule has 0 spiro atoms. The smallest absolute Gasteiger partial charge is 0.248 e. The Kier molecular flexibility index (Phi) is 5.12. The molecule has 1 unspecified atom stereocenters. The minimum atomic E-state index is -0.576. The van der Waals surface area contributed by atoms with Gasteiger partial charge in [-0.05, 0) is 24.6 Å². The second-order valence-electron chi connectivity index (χ2n) is 3.98. The summed E-state index contributed by atoms with van der Waals surface area (Å²) >= 11 is 5.92. The van der Waals surface area contributed by atoms with Crippen molar-refractivity contribution in [3.63, 3.8) is 0 Å². The summed E-state index contributed by atoms with van der Waals surface area (Å²) in [4.78, 5) is 22.7. The maximum Gasteiger partial charge on any atom is 0.248 e. The van der Waals surface area contributed by atoms with Gasteiger partial charge in [-0.1, -0.05) is 18.5 Å². The van der Waals surface area contributed by atoms with Gasteiger partial charge in [-0.25, -0.2) is 0 Å². The van der Waals surface area contributed by atoms with E-state index in [9.17, 15) is 9.59 Å². The zero-order valence-corrected chi connectivity index (χ0v) is 10.8. The molecule has 0 heterocycles. The summed E-state index contributed by atoms with van der Waals surface area (Å²) in [7, 11) is 0. The first-order valence-electron chi connectivity index (χ1n) is 5.58. The van der Waals surface area contributed by atoms with E-state index in [0.717, 1.165) is 0 Å². The Morgan fingerprint density at radius 2 is 2.11 bits per heavy atom. The first kappa shape index (κ1) is 14.5. The molecule has 2 amide bonds. The lowest BCUT2D eigenvalue weighted by molar-refractivity contribution is -0.116. The predicted molar refractivity (Wildman–Crippen MR) is 71.5 cm³/mol. The average molecular weight is 270 g/mol. The molecule has 0 aliphatic heterocycles. The number of benzene rings is 1. The Morgan fingerprint density at radius 3 is 2.67 bits per heavy atom. The van der Waals surface area contributed by atoms with Crippen LogP contribution >= 0.6 is 11.6 Å². The van der Waals surface area contributed by atoms with Gasteiger partial charge in [0.2, 0.25) is 11.8 Å². The molecule has 1 rings (SSSR count). The molecule has 5 N–H and O–H groups in total. The highest BCUT2D eigenvalue weighted by Crippen LogP contribution is 2.23. The van der Waals surface area contributed by atoms with Crippen LogP contribution < -0.4 is 16.8 Å². The number of nitrogens with one attached hydrogen (secondary N) is 1. The van der Waals surface area contributed by atoms with Crippen molar-refractivity contribution in [2.45, 2.75) is 25.8 Å². The van der Waals surface area contributed by atoms with Crippen LogP contribution in [0.1, 0.15) is 30.1 Å². The zero-order chi connectivity index (χ0) is 13.7. The molecule has 0 saturated heterocycles. The normalized spacial score (nSPS) is 11.9. The Hall–Kier alpha value is -1.59. The molecule has 5 nitrogen and oxygen atoms in total. The molecule has 0 bridgehead atoms. The number of nitrogens with two attached hydrogens (primary N) is 2. The molecule has 18 heavy (non-hydrogen) atoms. The van der Waals surface area contributed by atoms with E-state index in [1.165, 1.54) is 18.2 Å². The van der Waals surface area contributed by atoms with Gasteiger partial charge in [-0.15, -0.1) is 0 Å². The van der Waals surface area contributed by atoms with Gasteiger partial charge in [0.1, 0.15) is 0 Å². The third-order valence-electron chi connectivity index (χ3n) is 2.50. The topological polar surface area (TPSA) is 98.2 Å². The number of hydrogen-bond acceptors (Lipinski definition) is 3. The Morgan fingerprint density at radius 1 is 1.44 bits per heavy atom. The average Bonchev–Trinajstić information content (AvgIpc) is 2.31. The first-order valence-corrected chi connectivity index (χ1v) is 5.96. The molecule has 1 aromatic rings. The molecule has 0 radical (unpaired) electrons. The lowest BCUT2D eigenvalue weighted by Gasteiger charge is -2.11. The third kappa shape index (κ3) is 4.01. The van der Waals surface area contributed by atoms with Crippen LogP contribution in [0.15, 0.2) is 18.2 Å². The lowest BCUT2D eigenvalue weighted by atomic mass is 10.1. The molecular weight excluding hydrogens is 254 g/mol. The van der Waals surface area contributed by atoms with Gasteiger partial charge < -0.3 is 16.8 Å². The maximum absolute atomic E-state index is 11.6. The van der Waals surface area contributed by atoms with Crippen LogP contribution in [0.25, 0.3) is 0 Å². The molecule has 0 aromatic heterocycles. The number of carbonyl (C=O) groups is 2. The summed E-state index contributed by atoms with van der Waals surface area (Å²) in [5.74, 6) is -0.819. The standard InChI is InChI=1S/C12H16ClN3O2/c1-2-8(14)6-11(17)16-10-5-7(12(15)18)3-4-9(10)13/h3-5,8H,2,6,14H2,1H3,(H2,15,18)(H,16,17). The summed E-state index contributed by atoms with van der Waals surface area (Å²) in [6.07, 6.45) is 0.913. The minimum absolute atomic E-state index is 0.192. The van der Waals surface area contributed by atoms with Gasteiger partial charge >= 0.3 is 0 Å². The lowest BCUT2D eigenvalue weighted by Crippen LogP contribution is -2.26. The Bertz CT molecular complexity index is 463. The molecule has 1 atom stereocenters. The summed E-state index contributed by atoms with van der Waals surface area (Å²) in [6, 6.07) is 4.26. The van der Waals surface area contributed by atoms with Gasteiger partial charge in [0.15, 0.2) is 0 Å². The number of rotatable bonds is 5. The van der Waals surface area contributed by atoms with E-state index >= 15 is 0 Å². The quantitative estimate of drug-likeness (QED) is 0.755. The second-order valence-corrected chi connectivity index (χ2v) is 4.39. The first-order chi connectivity index (χ1) is 8.43. The molecular formula is C12H16ClN3O2. The molecule has 98 valence electrons. The number of carbonyl (C=O) groups excluding carboxylic acids is 2. The van der Waals surface area contributed by atoms with Crippen molar-refractivity contribution in [3.05, 3.63) is 28.8 Å². The number of hydrogen-bond donors (Lipinski definition) is 3. The van der Waals surface area contributed by atoms with Crippen LogP contribution in [0.2, 0.25) is 5.02 Å². The van der Waals surface area contributed by atoms with Gasteiger partial charge in [-0.3, -0.25) is 9.59 Å². The third-order valence-corrected chi connectivity index (χ3v) is 2.83. The van der Waals surface area contributed by atoms with E-state index in [1.54, 1.807) is 0 Å². The molecule has 0 aliphatic rings. The van der Waals surface area contributed by atoms with Crippen LogP contribution in [0, 0.1) is 0 Å². The fraction of sp³-hybridized carbons (Fsp3) is 0.333. The van der Waals surface area contributed by atoms with E-state index in [4.69, 9.17) is 23.1 Å². The highest BCUT2D eigenvalue weighted by molar-refractivity contribution is 6.33. The van der Waals surface area contributed by atoms with Crippen LogP contribution in [-0.2, 0) is 4.79 Å². The minimum Gasteiger partial charge on any atom is -0.366 e. The van der Waals surface area contributed by atoms with Crippen molar-refractivity contribution in [2.75, 3.05) is 5.32 Å². The van der Waals surface area contributed by atoms with E-state index in [0.29, 0.717) is 17.1 Å². The van der Waals surface area contributed by atoms with E-state index in [1.807, 2.05) is 6.92 Å². The fourth-order valence-electron chi connectivity index (χ4n) is 1.36. The van der Waals surface area contributed by atoms with Gasteiger partial charge in [0, 0.05) is 18.0 Å². The van der Waals surface area contributed by atoms with Crippen LogP contribution in [0.3, 0.4) is 0 Å². The SMILES string of the molecule is CCC(N)CC(=O)Nc1cc(C(N)=O)ccc1Cl. The monoisotopic (exact) mass is 269 g/mol. The van der Waals surface area contributed by atoms with Crippen molar-refractivity contribution >= 4 is 29.1 Å². The van der Waals surface area contributed by atoms with Gasteiger partial charge in [-0.2, -0.15) is 0 Å². The number of amides is 2. The van der Waals surface area contributed by atoms with Crippen molar-refractivity contribution < 1.29 is 9.59 Å². The molecule has 0 fully saturated rings. The van der Waals surface area contributed by atoms with Crippen LogP contribution in [0.5, 0.6) is 0 Å². The largest absolute Gasteiger partial charge is 0.366 e. The van der Waals surface area contributed by atoms with Crippen molar-refractivity contribution in [1.29, 1.82) is 0 Å². The van der Waals surface area contributed by atoms with E-state index in [2.05, 4.69) is 5.32 Å². The summed E-state index contributed by atoms with van der Waals surface area (Å²) in [6.45, 7) is 1.90. The van der Waals surface area contributed by atoms with E-state index < -0.39 is 5.91 Å². The van der Waals surface area contributed by atoms with Crippen molar-refractivity contribution in [2.24, 2.45) is 11.5 Å². The summed E-state index contributed by atoms with van der Waals surface area (Å²) in [5.41, 5.74) is 11.5. The maximum atomic E-state index is 11.6. The molecule has 0 saturated carbocycles. The predicted octanol–water partition coefficient (Wildman–Crippen LogP) is 1.50.